The van der Waals surface area contributed by atoms with Crippen molar-refractivity contribution in [2.24, 2.45) is 0 Å². The molecule has 1 unspecified atom stereocenters. The van der Waals surface area contributed by atoms with Gasteiger partial charge in [0.1, 0.15) is 4.88 Å². The van der Waals surface area contributed by atoms with Crippen molar-refractivity contribution in [1.82, 2.24) is 20.4 Å². The van der Waals surface area contributed by atoms with Gasteiger partial charge in [0.25, 0.3) is 5.89 Å². The van der Waals surface area contributed by atoms with Crippen molar-refractivity contribution in [3.8, 4) is 22.0 Å². The molecule has 22 heavy (non-hydrogen) atoms. The third-order valence-electron chi connectivity index (χ3n) is 3.43. The lowest BCUT2D eigenvalue weighted by Gasteiger charge is -2.04. The molecule has 0 fully saturated rings. The molecular weight excluding hydrogens is 296 g/mol. The first-order valence-corrected chi connectivity index (χ1v) is 8.02. The number of hydrogen-bond acceptors (Lipinski definition) is 6. The molecule has 0 radical (unpaired) electrons. The summed E-state index contributed by atoms with van der Waals surface area (Å²) in [5, 5.41) is 8.23. The Kier molecular flexibility index (Phi) is 4.31. The van der Waals surface area contributed by atoms with Crippen LogP contribution in [0.4, 0.5) is 0 Å². The van der Waals surface area contributed by atoms with Crippen LogP contribution in [-0.4, -0.2) is 28.2 Å². The number of likely N-dealkylation sites (N-methyl/N-ethyl adjacent to an activating group) is 1. The lowest BCUT2D eigenvalue weighted by molar-refractivity contribution is 0.419. The number of nitrogens with one attached hydrogen (secondary N) is 1. The normalized spacial score (nSPS) is 12.5. The molecule has 2 heterocycles. The van der Waals surface area contributed by atoms with Gasteiger partial charge in [0.15, 0.2) is 5.82 Å². The molecule has 0 saturated carbocycles. The SMILES string of the molecule is CNC(C)Cc1noc(-c2sc(C)nc2-c2ccccc2)n1. The van der Waals surface area contributed by atoms with Gasteiger partial charge in [-0.2, -0.15) is 4.98 Å². The number of rotatable bonds is 5. The highest BCUT2D eigenvalue weighted by molar-refractivity contribution is 7.15. The minimum atomic E-state index is 0.308. The molecule has 0 amide bonds. The molecule has 0 spiro atoms. The topological polar surface area (TPSA) is 63.8 Å². The number of benzene rings is 1. The van der Waals surface area contributed by atoms with Gasteiger partial charge < -0.3 is 9.84 Å². The highest BCUT2D eigenvalue weighted by Gasteiger charge is 2.19. The highest BCUT2D eigenvalue weighted by Crippen LogP contribution is 2.35. The molecular formula is C16H18N4OS. The zero-order valence-electron chi connectivity index (χ0n) is 12.8. The first kappa shape index (κ1) is 14.9. The maximum atomic E-state index is 5.45. The Morgan fingerprint density at radius 3 is 2.73 bits per heavy atom. The Morgan fingerprint density at radius 2 is 2.00 bits per heavy atom. The van der Waals surface area contributed by atoms with Crippen LogP contribution in [0.3, 0.4) is 0 Å². The van der Waals surface area contributed by atoms with E-state index in [4.69, 9.17) is 4.52 Å². The molecule has 6 heteroatoms. The van der Waals surface area contributed by atoms with Crippen LogP contribution in [-0.2, 0) is 6.42 Å². The van der Waals surface area contributed by atoms with Crippen molar-refractivity contribution < 1.29 is 4.52 Å². The van der Waals surface area contributed by atoms with Gasteiger partial charge in [0, 0.05) is 18.0 Å². The van der Waals surface area contributed by atoms with E-state index in [0.717, 1.165) is 27.6 Å². The lowest BCUT2D eigenvalue weighted by atomic mass is 10.1. The largest absolute Gasteiger partial charge is 0.333 e. The van der Waals surface area contributed by atoms with Gasteiger partial charge in [-0.1, -0.05) is 35.5 Å². The molecule has 2 aromatic heterocycles. The van der Waals surface area contributed by atoms with E-state index in [1.54, 1.807) is 11.3 Å². The van der Waals surface area contributed by atoms with Crippen LogP contribution in [0.2, 0.25) is 0 Å². The highest BCUT2D eigenvalue weighted by atomic mass is 32.1. The molecule has 114 valence electrons. The molecule has 0 saturated heterocycles. The van der Waals surface area contributed by atoms with Gasteiger partial charge >= 0.3 is 0 Å². The molecule has 0 aliphatic heterocycles. The fourth-order valence-corrected chi connectivity index (χ4v) is 3.03. The van der Waals surface area contributed by atoms with Crippen molar-refractivity contribution >= 4 is 11.3 Å². The quantitative estimate of drug-likeness (QED) is 0.782. The fraction of sp³-hybridized carbons (Fsp3) is 0.312. The average Bonchev–Trinajstić information content (AvgIpc) is 3.14. The molecule has 1 N–H and O–H groups in total. The van der Waals surface area contributed by atoms with Crippen LogP contribution < -0.4 is 5.32 Å². The summed E-state index contributed by atoms with van der Waals surface area (Å²) in [7, 11) is 1.92. The molecule has 3 aromatic rings. The summed E-state index contributed by atoms with van der Waals surface area (Å²) >= 11 is 1.58. The smallest absolute Gasteiger partial charge is 0.270 e. The predicted octanol–water partition coefficient (Wildman–Crippen LogP) is 3.32. The molecule has 1 atom stereocenters. The summed E-state index contributed by atoms with van der Waals surface area (Å²) in [4.78, 5) is 10.1. The Balaban J connectivity index is 1.96. The molecule has 3 rings (SSSR count). The van der Waals surface area contributed by atoms with Crippen molar-refractivity contribution in [1.29, 1.82) is 0 Å². The number of hydrogen-bond donors (Lipinski definition) is 1. The number of aryl methyl sites for hydroxylation is 1. The van der Waals surface area contributed by atoms with Gasteiger partial charge in [-0.15, -0.1) is 11.3 Å². The van der Waals surface area contributed by atoms with Gasteiger partial charge in [0.2, 0.25) is 0 Å². The first-order valence-electron chi connectivity index (χ1n) is 7.20. The van der Waals surface area contributed by atoms with E-state index in [1.807, 2.05) is 44.3 Å². The molecule has 0 aliphatic rings. The molecule has 5 nitrogen and oxygen atoms in total. The van der Waals surface area contributed by atoms with Crippen LogP contribution in [0.25, 0.3) is 22.0 Å². The number of thiazole rings is 1. The Bertz CT molecular complexity index is 751. The minimum Gasteiger partial charge on any atom is -0.333 e. The second kappa shape index (κ2) is 6.37. The number of nitrogens with zero attached hydrogens (tertiary/aromatic N) is 3. The summed E-state index contributed by atoms with van der Waals surface area (Å²) in [6.07, 6.45) is 0.735. The van der Waals surface area contributed by atoms with E-state index >= 15 is 0 Å². The standard InChI is InChI=1S/C16H18N4OS/c1-10(17-3)9-13-19-16(21-20-13)15-14(18-11(2)22-15)12-7-5-4-6-8-12/h4-8,10,17H,9H2,1-3H3. The molecule has 1 aromatic carbocycles. The van der Waals surface area contributed by atoms with Crippen molar-refractivity contribution in [2.75, 3.05) is 7.05 Å². The predicted molar refractivity (Wildman–Crippen MR) is 87.8 cm³/mol. The Morgan fingerprint density at radius 1 is 1.23 bits per heavy atom. The summed E-state index contributed by atoms with van der Waals surface area (Å²) in [6.45, 7) is 4.07. The summed E-state index contributed by atoms with van der Waals surface area (Å²) in [5.74, 6) is 1.25. The monoisotopic (exact) mass is 314 g/mol. The van der Waals surface area contributed by atoms with Gasteiger partial charge in [0.05, 0.1) is 10.7 Å². The lowest BCUT2D eigenvalue weighted by Crippen LogP contribution is -2.24. The van der Waals surface area contributed by atoms with E-state index < -0.39 is 0 Å². The van der Waals surface area contributed by atoms with Crippen LogP contribution in [0.1, 0.15) is 17.8 Å². The van der Waals surface area contributed by atoms with Crippen LogP contribution in [0.15, 0.2) is 34.9 Å². The van der Waals surface area contributed by atoms with Gasteiger partial charge in [-0.05, 0) is 20.9 Å². The van der Waals surface area contributed by atoms with E-state index in [1.165, 1.54) is 0 Å². The third-order valence-corrected chi connectivity index (χ3v) is 4.38. The van der Waals surface area contributed by atoms with Crippen LogP contribution in [0, 0.1) is 6.92 Å². The van der Waals surface area contributed by atoms with Crippen molar-refractivity contribution in [2.45, 2.75) is 26.3 Å². The van der Waals surface area contributed by atoms with Gasteiger partial charge in [-0.3, -0.25) is 0 Å². The zero-order valence-corrected chi connectivity index (χ0v) is 13.6. The second-order valence-electron chi connectivity index (χ2n) is 5.19. The minimum absolute atomic E-state index is 0.308. The zero-order chi connectivity index (χ0) is 15.5. The van der Waals surface area contributed by atoms with Gasteiger partial charge in [-0.25, -0.2) is 4.98 Å². The Hall–Kier alpha value is -2.05. The second-order valence-corrected chi connectivity index (χ2v) is 6.39. The number of aromatic nitrogens is 3. The summed E-state index contributed by atoms with van der Waals surface area (Å²) < 4.78 is 5.45. The van der Waals surface area contributed by atoms with Crippen LogP contribution in [0.5, 0.6) is 0 Å². The van der Waals surface area contributed by atoms with E-state index in [9.17, 15) is 0 Å². The molecule has 0 bridgehead atoms. The first-order chi connectivity index (χ1) is 10.7. The van der Waals surface area contributed by atoms with Crippen molar-refractivity contribution in [3.05, 3.63) is 41.2 Å². The summed E-state index contributed by atoms with van der Waals surface area (Å²) in [6, 6.07) is 10.4. The Labute approximate surface area is 133 Å². The van der Waals surface area contributed by atoms with Crippen LogP contribution >= 0.6 is 11.3 Å². The maximum absolute atomic E-state index is 5.45. The summed E-state index contributed by atoms with van der Waals surface area (Å²) in [5.41, 5.74) is 1.96. The van der Waals surface area contributed by atoms with Crippen molar-refractivity contribution in [3.63, 3.8) is 0 Å². The third kappa shape index (κ3) is 3.08. The maximum Gasteiger partial charge on any atom is 0.270 e. The fourth-order valence-electron chi connectivity index (χ4n) is 2.17. The van der Waals surface area contributed by atoms with E-state index in [-0.39, 0.29) is 0 Å². The average molecular weight is 314 g/mol. The molecule has 0 aliphatic carbocycles. The van der Waals surface area contributed by atoms with E-state index in [2.05, 4.69) is 27.4 Å². The van der Waals surface area contributed by atoms with E-state index in [0.29, 0.717) is 17.8 Å².